The van der Waals surface area contributed by atoms with E-state index in [0.29, 0.717) is 11.1 Å². The number of hydrogen-bond donors (Lipinski definition) is 2. The normalized spacial score (nSPS) is 15.6. The molecule has 12 nitrogen and oxygen atoms in total. The van der Waals surface area contributed by atoms with Crippen LogP contribution in [0.1, 0.15) is 71.6 Å². The summed E-state index contributed by atoms with van der Waals surface area (Å²) in [4.78, 5) is 57.3. The van der Waals surface area contributed by atoms with Gasteiger partial charge in [-0.05, 0) is 65.2 Å². The van der Waals surface area contributed by atoms with E-state index in [9.17, 15) is 41.1 Å². The van der Waals surface area contributed by atoms with E-state index in [1.165, 1.54) is 47.6 Å². The van der Waals surface area contributed by atoms with E-state index in [0.717, 1.165) is 0 Å². The van der Waals surface area contributed by atoms with Crippen molar-refractivity contribution in [2.45, 2.75) is 77.4 Å². The molecule has 0 saturated carbocycles. The summed E-state index contributed by atoms with van der Waals surface area (Å²) >= 11 is 0. The predicted molar refractivity (Wildman–Crippen MR) is 180 cm³/mol. The Kier molecular flexibility index (Phi) is 12.3. The fraction of sp³-hybridized carbons (Fsp3) is 0.324. The van der Waals surface area contributed by atoms with Gasteiger partial charge < -0.3 is 23.7 Å². The van der Waals surface area contributed by atoms with Crippen molar-refractivity contribution in [3.63, 3.8) is 0 Å². The second-order valence-electron chi connectivity index (χ2n) is 13.6. The van der Waals surface area contributed by atoms with Crippen molar-refractivity contribution in [1.82, 2.24) is 10.6 Å². The van der Waals surface area contributed by atoms with Crippen molar-refractivity contribution in [3.05, 3.63) is 113 Å². The smallest absolute Gasteiger partial charge is 0.414 e. The van der Waals surface area contributed by atoms with Crippen molar-refractivity contribution in [1.29, 1.82) is 0 Å². The molecule has 0 bridgehead atoms. The number of aliphatic imine (C=N–C) groups is 1. The summed E-state index contributed by atoms with van der Waals surface area (Å²) in [5.74, 6) is -19.3. The van der Waals surface area contributed by atoms with Crippen molar-refractivity contribution in [2.75, 3.05) is 0 Å². The van der Waals surface area contributed by atoms with Gasteiger partial charge in [-0.15, -0.1) is 0 Å². The highest BCUT2D eigenvalue weighted by atomic mass is 19.2. The minimum Gasteiger partial charge on any atom is -0.447 e. The Balaban J connectivity index is 1.81. The fourth-order valence-corrected chi connectivity index (χ4v) is 4.73. The highest BCUT2D eigenvalue weighted by molar-refractivity contribution is 6.02. The summed E-state index contributed by atoms with van der Waals surface area (Å²) in [5, 5.41) is 4.17. The number of carbonyl (C=O) groups is 4. The summed E-state index contributed by atoms with van der Waals surface area (Å²) in [5.41, 5.74) is -4.17. The third-order valence-corrected chi connectivity index (χ3v) is 6.94. The molecule has 0 radical (unpaired) electrons. The standard InChI is InChI=1S/C37H36F5N3O9/c1-35(2,3)53-33(48)43-32(44-34(49)54-36(4,5)6)45-37(31(47)51-29-26(41)24(39)23(38)25(40)27(29)42)19-13-18-22(52-37)30(46)50-28(20-14-9-7-10-15-20)21-16-11-8-12-17-21/h7-12,14-18,28H,13,19H2,1-6H3,(H2,43,44,45,48,49). The first-order valence-electron chi connectivity index (χ1n) is 16.2. The Bertz CT molecular complexity index is 1860. The van der Waals surface area contributed by atoms with E-state index < -0.39 is 100 Å². The van der Waals surface area contributed by atoms with Gasteiger partial charge >= 0.3 is 29.9 Å². The van der Waals surface area contributed by atoms with Crippen molar-refractivity contribution in [2.24, 2.45) is 4.99 Å². The van der Waals surface area contributed by atoms with Gasteiger partial charge in [0.25, 0.3) is 0 Å². The van der Waals surface area contributed by atoms with E-state index >= 15 is 0 Å². The monoisotopic (exact) mass is 761 g/mol. The van der Waals surface area contributed by atoms with Gasteiger partial charge in [0, 0.05) is 6.42 Å². The number of ether oxygens (including phenoxy) is 5. The van der Waals surface area contributed by atoms with Gasteiger partial charge in [-0.25, -0.2) is 32.3 Å². The second kappa shape index (κ2) is 16.3. The molecular weight excluding hydrogens is 725 g/mol. The average molecular weight is 762 g/mol. The number of allylic oxidation sites excluding steroid dienone is 1. The van der Waals surface area contributed by atoms with Crippen LogP contribution in [0.15, 0.2) is 77.5 Å². The molecule has 1 aliphatic heterocycles. The Morgan fingerprint density at radius 3 is 1.61 bits per heavy atom. The van der Waals surface area contributed by atoms with Crippen LogP contribution in [-0.4, -0.2) is 47.0 Å². The van der Waals surface area contributed by atoms with Crippen LogP contribution in [0.25, 0.3) is 0 Å². The van der Waals surface area contributed by atoms with Gasteiger partial charge in [-0.3, -0.25) is 10.6 Å². The lowest BCUT2D eigenvalue weighted by Crippen LogP contribution is -2.52. The third kappa shape index (κ3) is 10.3. The highest BCUT2D eigenvalue weighted by Crippen LogP contribution is 2.36. The maximum absolute atomic E-state index is 14.7. The molecule has 0 aliphatic carbocycles. The maximum atomic E-state index is 14.7. The minimum absolute atomic E-state index is 0.298. The zero-order chi connectivity index (χ0) is 40.0. The van der Waals surface area contributed by atoms with Crippen LogP contribution in [0.2, 0.25) is 0 Å². The lowest BCUT2D eigenvalue weighted by Gasteiger charge is -2.33. The SMILES string of the molecule is CC(C)(C)OC(=O)NC(=NC1(C(=O)Oc2c(F)c(F)c(F)c(F)c2F)CCC=C(C(=O)OC(c2ccccc2)c2ccccc2)O1)NC(=O)OC(C)(C)C. The highest BCUT2D eigenvalue weighted by Gasteiger charge is 2.49. The number of esters is 2. The van der Waals surface area contributed by atoms with Crippen LogP contribution in [0.3, 0.4) is 0 Å². The van der Waals surface area contributed by atoms with Gasteiger partial charge in [0.05, 0.1) is 0 Å². The number of amides is 2. The van der Waals surface area contributed by atoms with Crippen molar-refractivity contribution < 1.29 is 64.8 Å². The Hall–Kier alpha value is -6.00. The van der Waals surface area contributed by atoms with E-state index in [1.54, 1.807) is 60.7 Å². The molecule has 2 amide bonds. The van der Waals surface area contributed by atoms with Crippen LogP contribution in [0.5, 0.6) is 5.75 Å². The number of carbonyl (C=O) groups excluding carboxylic acids is 4. The number of nitrogens with one attached hydrogen (secondary N) is 2. The molecule has 2 N–H and O–H groups in total. The lowest BCUT2D eigenvalue weighted by atomic mass is 10.0. The molecule has 17 heteroatoms. The molecule has 1 unspecified atom stereocenters. The van der Waals surface area contributed by atoms with Crippen LogP contribution in [-0.2, 0) is 28.5 Å². The first-order valence-corrected chi connectivity index (χ1v) is 16.2. The number of alkyl carbamates (subject to hydrolysis) is 2. The largest absolute Gasteiger partial charge is 0.447 e. The van der Waals surface area contributed by atoms with Crippen LogP contribution in [0, 0.1) is 29.1 Å². The van der Waals surface area contributed by atoms with E-state index in [1.807, 2.05) is 0 Å². The molecule has 1 heterocycles. The maximum Gasteiger partial charge on any atom is 0.414 e. The average Bonchev–Trinajstić information content (AvgIpc) is 3.09. The molecule has 3 aromatic carbocycles. The number of rotatable bonds is 7. The molecule has 0 spiro atoms. The number of nitrogens with zero attached hydrogens (tertiary/aromatic N) is 1. The second-order valence-corrected chi connectivity index (χ2v) is 13.6. The van der Waals surface area contributed by atoms with E-state index in [2.05, 4.69) is 15.6 Å². The Labute approximate surface area is 306 Å². The molecular formula is C37H36F5N3O9. The third-order valence-electron chi connectivity index (χ3n) is 6.94. The molecule has 54 heavy (non-hydrogen) atoms. The Morgan fingerprint density at radius 2 is 1.17 bits per heavy atom. The molecule has 0 aromatic heterocycles. The molecule has 0 fully saturated rings. The van der Waals surface area contributed by atoms with Crippen LogP contribution >= 0.6 is 0 Å². The first-order chi connectivity index (χ1) is 25.2. The molecule has 1 aliphatic rings. The molecule has 0 saturated heterocycles. The van der Waals surface area contributed by atoms with Crippen LogP contribution in [0.4, 0.5) is 31.5 Å². The van der Waals surface area contributed by atoms with Gasteiger partial charge in [0.1, 0.15) is 11.2 Å². The van der Waals surface area contributed by atoms with Gasteiger partial charge in [0.15, 0.2) is 6.10 Å². The summed E-state index contributed by atoms with van der Waals surface area (Å²) in [6, 6.07) is 16.9. The molecule has 288 valence electrons. The Morgan fingerprint density at radius 1 is 0.722 bits per heavy atom. The summed E-state index contributed by atoms with van der Waals surface area (Å²) in [7, 11) is 0. The van der Waals surface area contributed by atoms with Crippen molar-refractivity contribution >= 4 is 30.1 Å². The summed E-state index contributed by atoms with van der Waals surface area (Å²) in [6.07, 6.45) is -3.32. The first kappa shape index (κ1) is 40.8. The zero-order valence-electron chi connectivity index (χ0n) is 29.9. The number of guanidine groups is 1. The van der Waals surface area contributed by atoms with Crippen LogP contribution < -0.4 is 15.4 Å². The minimum atomic E-state index is -2.99. The van der Waals surface area contributed by atoms with E-state index in [-0.39, 0.29) is 6.42 Å². The fourth-order valence-electron chi connectivity index (χ4n) is 4.73. The predicted octanol–water partition coefficient (Wildman–Crippen LogP) is 7.42. The lowest BCUT2D eigenvalue weighted by molar-refractivity contribution is -0.166. The number of benzene rings is 3. The summed E-state index contributed by atoms with van der Waals surface area (Å²) < 4.78 is 98.2. The quantitative estimate of drug-likeness (QED) is 0.0367. The van der Waals surface area contributed by atoms with Gasteiger partial charge in [0.2, 0.25) is 46.6 Å². The zero-order valence-corrected chi connectivity index (χ0v) is 29.9. The molecule has 1 atom stereocenters. The topological polar surface area (TPSA) is 151 Å². The van der Waals surface area contributed by atoms with Crippen molar-refractivity contribution in [3.8, 4) is 5.75 Å². The van der Waals surface area contributed by atoms with Gasteiger partial charge in [-0.2, -0.15) is 13.8 Å². The number of halogens is 5. The summed E-state index contributed by atoms with van der Waals surface area (Å²) in [6.45, 7) is 8.99. The number of hydrogen-bond acceptors (Lipinski definition) is 10. The van der Waals surface area contributed by atoms with E-state index in [4.69, 9.17) is 23.7 Å². The van der Waals surface area contributed by atoms with Gasteiger partial charge in [-0.1, -0.05) is 60.7 Å². The molecule has 4 rings (SSSR count). The molecule has 3 aromatic rings.